The van der Waals surface area contributed by atoms with E-state index in [2.05, 4.69) is 10.3 Å². The Morgan fingerprint density at radius 3 is 3.06 bits per heavy atom. The second-order valence-corrected chi connectivity index (χ2v) is 4.23. The topological polar surface area (TPSA) is 34.2 Å². The number of anilines is 1. The minimum atomic E-state index is -0.243. The van der Waals surface area contributed by atoms with Gasteiger partial charge in [-0.2, -0.15) is 0 Å². The van der Waals surface area contributed by atoms with Gasteiger partial charge in [0.05, 0.1) is 12.6 Å². The lowest BCUT2D eigenvalue weighted by atomic mass is 10.0. The summed E-state index contributed by atoms with van der Waals surface area (Å²) >= 11 is 0. The Morgan fingerprint density at radius 1 is 1.28 bits per heavy atom. The van der Waals surface area contributed by atoms with Gasteiger partial charge >= 0.3 is 0 Å². The summed E-state index contributed by atoms with van der Waals surface area (Å²) in [6.07, 6.45) is 2.53. The molecule has 18 heavy (non-hydrogen) atoms. The summed E-state index contributed by atoms with van der Waals surface area (Å²) < 4.78 is 18.8. The zero-order valence-electron chi connectivity index (χ0n) is 9.77. The number of halogens is 1. The fraction of sp³-hybridized carbons (Fsp3) is 0.214. The van der Waals surface area contributed by atoms with Crippen molar-refractivity contribution in [1.29, 1.82) is 0 Å². The van der Waals surface area contributed by atoms with Crippen molar-refractivity contribution in [3.63, 3.8) is 0 Å². The Hall–Kier alpha value is -2.10. The van der Waals surface area contributed by atoms with Crippen LogP contribution in [0.25, 0.3) is 0 Å². The summed E-state index contributed by atoms with van der Waals surface area (Å²) in [6, 6.07) is 10.3. The van der Waals surface area contributed by atoms with E-state index < -0.39 is 0 Å². The van der Waals surface area contributed by atoms with E-state index in [9.17, 15) is 4.39 Å². The van der Waals surface area contributed by atoms with E-state index in [0.717, 1.165) is 23.6 Å². The monoisotopic (exact) mass is 244 g/mol. The Bertz CT molecular complexity index is 545. The van der Waals surface area contributed by atoms with Gasteiger partial charge < -0.3 is 10.1 Å². The van der Waals surface area contributed by atoms with Crippen LogP contribution in [0.15, 0.2) is 42.6 Å². The number of hydrogen-bond donors (Lipinski definition) is 1. The second kappa shape index (κ2) is 4.64. The fourth-order valence-corrected chi connectivity index (χ4v) is 2.14. The number of rotatable bonds is 2. The summed E-state index contributed by atoms with van der Waals surface area (Å²) in [5.74, 6) is 1.29. The number of hydrogen-bond acceptors (Lipinski definition) is 3. The van der Waals surface area contributed by atoms with Gasteiger partial charge in [-0.25, -0.2) is 9.37 Å². The number of ether oxygens (including phenoxy) is 1. The molecule has 92 valence electrons. The summed E-state index contributed by atoms with van der Waals surface area (Å²) in [5, 5.41) is 3.31. The highest BCUT2D eigenvalue weighted by Gasteiger charge is 2.22. The smallest absolute Gasteiger partial charge is 0.126 e. The predicted octanol–water partition coefficient (Wildman–Crippen LogP) is 3.16. The van der Waals surface area contributed by atoms with Crippen LogP contribution in [0.3, 0.4) is 0 Å². The average molecular weight is 244 g/mol. The molecule has 0 spiro atoms. The second-order valence-electron chi connectivity index (χ2n) is 4.23. The molecule has 0 amide bonds. The molecular weight excluding hydrogens is 231 g/mol. The molecule has 4 heteroatoms. The maximum Gasteiger partial charge on any atom is 0.126 e. The van der Waals surface area contributed by atoms with Crippen LogP contribution in [0.5, 0.6) is 5.75 Å². The Balaban J connectivity index is 1.89. The number of benzene rings is 1. The molecule has 1 unspecified atom stereocenters. The Labute approximate surface area is 105 Å². The summed E-state index contributed by atoms with van der Waals surface area (Å²) in [7, 11) is 0. The van der Waals surface area contributed by atoms with Crippen molar-refractivity contribution in [1.82, 2.24) is 4.98 Å². The molecule has 2 aromatic rings. The molecule has 0 bridgehead atoms. The van der Waals surface area contributed by atoms with Crippen LogP contribution in [0.1, 0.15) is 18.0 Å². The van der Waals surface area contributed by atoms with Gasteiger partial charge in [-0.3, -0.25) is 0 Å². The summed E-state index contributed by atoms with van der Waals surface area (Å²) in [5.41, 5.74) is 0.854. The number of aromatic nitrogens is 1. The van der Waals surface area contributed by atoms with E-state index in [0.29, 0.717) is 6.61 Å². The van der Waals surface area contributed by atoms with E-state index in [4.69, 9.17) is 4.74 Å². The molecule has 1 atom stereocenters. The van der Waals surface area contributed by atoms with E-state index >= 15 is 0 Å². The van der Waals surface area contributed by atoms with Gasteiger partial charge in [0, 0.05) is 18.2 Å². The van der Waals surface area contributed by atoms with Gasteiger partial charge in [0.2, 0.25) is 0 Å². The molecule has 1 N–H and O–H groups in total. The minimum absolute atomic E-state index is 0.0411. The zero-order valence-corrected chi connectivity index (χ0v) is 9.77. The Morgan fingerprint density at radius 2 is 2.22 bits per heavy atom. The summed E-state index contributed by atoms with van der Waals surface area (Å²) in [4.78, 5) is 4.22. The third kappa shape index (κ3) is 2.14. The Kier molecular flexibility index (Phi) is 2.84. The van der Waals surface area contributed by atoms with E-state index in [1.807, 2.05) is 18.2 Å². The molecule has 1 aliphatic heterocycles. The van der Waals surface area contributed by atoms with Gasteiger partial charge in [0.1, 0.15) is 17.4 Å². The highest BCUT2D eigenvalue weighted by atomic mass is 19.1. The molecule has 1 aromatic carbocycles. The minimum Gasteiger partial charge on any atom is -0.493 e. The molecule has 1 aromatic heterocycles. The fourth-order valence-electron chi connectivity index (χ4n) is 2.14. The molecular formula is C14H13FN2O. The van der Waals surface area contributed by atoms with Crippen molar-refractivity contribution >= 4 is 5.82 Å². The SMILES string of the molecule is Fc1ccc2c(c1)C(Nc1ccccn1)CCO2. The van der Waals surface area contributed by atoms with Crippen molar-refractivity contribution in [3.05, 3.63) is 54.0 Å². The standard InChI is InChI=1S/C14H13FN2O/c15-10-4-5-13-11(9-10)12(6-8-18-13)17-14-3-1-2-7-16-14/h1-5,7,9,12H,6,8H2,(H,16,17). The molecule has 2 heterocycles. The van der Waals surface area contributed by atoms with Gasteiger partial charge in [-0.15, -0.1) is 0 Å². The molecule has 3 rings (SSSR count). The maximum absolute atomic E-state index is 13.3. The third-order valence-corrected chi connectivity index (χ3v) is 3.00. The maximum atomic E-state index is 13.3. The lowest BCUT2D eigenvalue weighted by Gasteiger charge is -2.27. The van der Waals surface area contributed by atoms with Crippen molar-refractivity contribution in [2.75, 3.05) is 11.9 Å². The van der Waals surface area contributed by atoms with E-state index in [1.165, 1.54) is 12.1 Å². The molecule has 0 aliphatic carbocycles. The number of nitrogens with one attached hydrogen (secondary N) is 1. The molecule has 0 radical (unpaired) electrons. The van der Waals surface area contributed by atoms with Crippen LogP contribution in [-0.4, -0.2) is 11.6 Å². The number of nitrogens with zero attached hydrogens (tertiary/aromatic N) is 1. The first kappa shape index (κ1) is 11.0. The van der Waals surface area contributed by atoms with Crippen molar-refractivity contribution in [2.45, 2.75) is 12.5 Å². The zero-order chi connectivity index (χ0) is 12.4. The molecule has 0 saturated carbocycles. The lowest BCUT2D eigenvalue weighted by Crippen LogP contribution is -2.21. The largest absolute Gasteiger partial charge is 0.493 e. The van der Waals surface area contributed by atoms with E-state index in [1.54, 1.807) is 12.3 Å². The van der Waals surface area contributed by atoms with Crippen LogP contribution in [0.2, 0.25) is 0 Å². The summed E-state index contributed by atoms with van der Waals surface area (Å²) in [6.45, 7) is 0.628. The molecule has 0 saturated heterocycles. The van der Waals surface area contributed by atoms with Gasteiger partial charge in [-0.05, 0) is 30.3 Å². The number of pyridine rings is 1. The first-order valence-electron chi connectivity index (χ1n) is 5.93. The van der Waals surface area contributed by atoms with Gasteiger partial charge in [0.25, 0.3) is 0 Å². The molecule has 1 aliphatic rings. The molecule has 0 fully saturated rings. The predicted molar refractivity (Wildman–Crippen MR) is 67.1 cm³/mol. The van der Waals surface area contributed by atoms with Crippen LogP contribution < -0.4 is 10.1 Å². The first-order chi connectivity index (χ1) is 8.83. The van der Waals surface area contributed by atoms with Crippen LogP contribution in [-0.2, 0) is 0 Å². The van der Waals surface area contributed by atoms with Gasteiger partial charge in [-0.1, -0.05) is 6.07 Å². The average Bonchev–Trinajstić information content (AvgIpc) is 2.41. The lowest BCUT2D eigenvalue weighted by molar-refractivity contribution is 0.273. The van der Waals surface area contributed by atoms with Crippen molar-refractivity contribution in [2.24, 2.45) is 0 Å². The highest BCUT2D eigenvalue weighted by Crippen LogP contribution is 2.34. The van der Waals surface area contributed by atoms with Crippen molar-refractivity contribution in [3.8, 4) is 5.75 Å². The highest BCUT2D eigenvalue weighted by molar-refractivity contribution is 5.44. The van der Waals surface area contributed by atoms with Crippen LogP contribution in [0.4, 0.5) is 10.2 Å². The number of fused-ring (bicyclic) bond motifs is 1. The van der Waals surface area contributed by atoms with Crippen LogP contribution in [0, 0.1) is 5.82 Å². The quantitative estimate of drug-likeness (QED) is 0.881. The van der Waals surface area contributed by atoms with Crippen molar-refractivity contribution < 1.29 is 9.13 Å². The molecule has 3 nitrogen and oxygen atoms in total. The van der Waals surface area contributed by atoms with Crippen LogP contribution >= 0.6 is 0 Å². The normalized spacial score (nSPS) is 17.7. The first-order valence-corrected chi connectivity index (χ1v) is 5.93. The van der Waals surface area contributed by atoms with Gasteiger partial charge in [0.15, 0.2) is 0 Å². The third-order valence-electron chi connectivity index (χ3n) is 3.00. The van der Waals surface area contributed by atoms with E-state index in [-0.39, 0.29) is 11.9 Å².